The van der Waals surface area contributed by atoms with Crippen LogP contribution in [0.2, 0.25) is 0 Å². The van der Waals surface area contributed by atoms with E-state index in [1.807, 2.05) is 0 Å². The summed E-state index contributed by atoms with van der Waals surface area (Å²) in [5, 5.41) is 0. The van der Waals surface area contributed by atoms with Gasteiger partial charge in [0.05, 0.1) is 13.2 Å². The molecule has 0 aromatic heterocycles. The molecule has 0 bridgehead atoms. The molecule has 1 unspecified atom stereocenters. The van der Waals surface area contributed by atoms with Crippen molar-refractivity contribution in [2.24, 2.45) is 5.73 Å². The Hall–Kier alpha value is -2.01. The number of rotatable bonds is 3. The van der Waals surface area contributed by atoms with Crippen LogP contribution >= 0.6 is 0 Å². The van der Waals surface area contributed by atoms with Gasteiger partial charge in [-0.2, -0.15) is 0 Å². The molecule has 2 aromatic rings. The predicted octanol–water partition coefficient (Wildman–Crippen LogP) is 3.16. The van der Waals surface area contributed by atoms with Crippen molar-refractivity contribution < 1.29 is 17.9 Å². The highest BCUT2D eigenvalue weighted by molar-refractivity contribution is 5.42. The van der Waals surface area contributed by atoms with Crippen LogP contribution in [0, 0.1) is 17.5 Å². The monoisotopic (exact) mass is 267 g/mol. The lowest BCUT2D eigenvalue weighted by Gasteiger charge is -2.17. The van der Waals surface area contributed by atoms with Crippen molar-refractivity contribution in [2.75, 3.05) is 7.11 Å². The number of nitrogens with two attached hydrogens (primary N) is 1. The maximum Gasteiger partial charge on any atom is 0.134 e. The minimum atomic E-state index is -1.07. The third-order valence-corrected chi connectivity index (χ3v) is 2.83. The van der Waals surface area contributed by atoms with Gasteiger partial charge in [-0.25, -0.2) is 13.2 Å². The van der Waals surface area contributed by atoms with Gasteiger partial charge in [0.1, 0.15) is 23.2 Å². The van der Waals surface area contributed by atoms with Crippen LogP contribution in [0.4, 0.5) is 13.2 Å². The molecule has 1 atom stereocenters. The molecule has 2 aromatic carbocycles. The van der Waals surface area contributed by atoms with Gasteiger partial charge in [0.2, 0.25) is 0 Å². The van der Waals surface area contributed by atoms with Crippen molar-refractivity contribution in [3.8, 4) is 5.75 Å². The van der Waals surface area contributed by atoms with Crippen LogP contribution in [-0.4, -0.2) is 7.11 Å². The average molecular weight is 267 g/mol. The molecule has 0 heterocycles. The van der Waals surface area contributed by atoms with Crippen molar-refractivity contribution in [1.29, 1.82) is 0 Å². The molecule has 0 spiro atoms. The number of hydrogen-bond acceptors (Lipinski definition) is 2. The molecule has 0 aliphatic heterocycles. The van der Waals surface area contributed by atoms with Gasteiger partial charge in [0.25, 0.3) is 0 Å². The van der Waals surface area contributed by atoms with Gasteiger partial charge in [-0.3, -0.25) is 0 Å². The largest absolute Gasteiger partial charge is 0.496 e. The van der Waals surface area contributed by atoms with E-state index >= 15 is 0 Å². The van der Waals surface area contributed by atoms with Gasteiger partial charge >= 0.3 is 0 Å². The smallest absolute Gasteiger partial charge is 0.134 e. The lowest BCUT2D eigenvalue weighted by atomic mass is 9.97. The summed E-state index contributed by atoms with van der Waals surface area (Å²) >= 11 is 0. The van der Waals surface area contributed by atoms with Gasteiger partial charge in [0.15, 0.2) is 0 Å². The summed E-state index contributed by atoms with van der Waals surface area (Å²) in [6, 6.07) is 6.77. The molecule has 0 saturated carbocycles. The third-order valence-electron chi connectivity index (χ3n) is 2.83. The second-order valence-electron chi connectivity index (χ2n) is 4.00. The summed E-state index contributed by atoms with van der Waals surface area (Å²) in [6.45, 7) is 0. The zero-order valence-electron chi connectivity index (χ0n) is 10.2. The highest BCUT2D eigenvalue weighted by Gasteiger charge is 2.22. The Morgan fingerprint density at radius 3 is 2.21 bits per heavy atom. The van der Waals surface area contributed by atoms with Gasteiger partial charge in [-0.15, -0.1) is 0 Å². The molecule has 0 saturated heterocycles. The highest BCUT2D eigenvalue weighted by atomic mass is 19.1. The first kappa shape index (κ1) is 13.4. The van der Waals surface area contributed by atoms with Gasteiger partial charge in [-0.1, -0.05) is 18.2 Å². The van der Waals surface area contributed by atoms with Crippen molar-refractivity contribution in [2.45, 2.75) is 6.04 Å². The van der Waals surface area contributed by atoms with Crippen LogP contribution in [0.25, 0.3) is 0 Å². The highest BCUT2D eigenvalue weighted by Crippen LogP contribution is 2.31. The van der Waals surface area contributed by atoms with Crippen LogP contribution in [0.5, 0.6) is 5.75 Å². The summed E-state index contributed by atoms with van der Waals surface area (Å²) in [4.78, 5) is 0. The van der Waals surface area contributed by atoms with E-state index in [2.05, 4.69) is 0 Å². The SMILES string of the molecule is COc1ccccc1C(N)c1c(F)cc(F)cc1F. The second kappa shape index (κ2) is 5.32. The molecule has 0 radical (unpaired) electrons. The molecular formula is C14H12F3NO. The third kappa shape index (κ3) is 2.56. The fraction of sp³-hybridized carbons (Fsp3) is 0.143. The summed E-state index contributed by atoms with van der Waals surface area (Å²) in [5.74, 6) is -2.60. The average Bonchev–Trinajstić information content (AvgIpc) is 2.37. The Balaban J connectivity index is 2.53. The summed E-state index contributed by atoms with van der Waals surface area (Å²) in [7, 11) is 1.43. The number of ether oxygens (including phenoxy) is 1. The van der Waals surface area contributed by atoms with Crippen molar-refractivity contribution in [3.05, 3.63) is 65.0 Å². The molecule has 0 aliphatic rings. The Morgan fingerprint density at radius 2 is 1.63 bits per heavy atom. The molecule has 19 heavy (non-hydrogen) atoms. The van der Waals surface area contributed by atoms with Crippen LogP contribution in [0.15, 0.2) is 36.4 Å². The number of methoxy groups -OCH3 is 1. The van der Waals surface area contributed by atoms with Crippen molar-refractivity contribution in [3.63, 3.8) is 0 Å². The Kier molecular flexibility index (Phi) is 3.76. The van der Waals surface area contributed by atoms with E-state index < -0.39 is 23.5 Å². The standard InChI is InChI=1S/C14H12F3NO/c1-19-12-5-3-2-4-9(12)14(18)13-10(16)6-8(15)7-11(13)17/h2-7,14H,18H2,1H3. The second-order valence-corrected chi connectivity index (χ2v) is 4.00. The van der Waals surface area contributed by atoms with Gasteiger partial charge in [0, 0.05) is 23.3 Å². The quantitative estimate of drug-likeness (QED) is 0.927. The van der Waals surface area contributed by atoms with Gasteiger partial charge < -0.3 is 10.5 Å². The number of hydrogen-bond donors (Lipinski definition) is 1. The molecule has 2 N–H and O–H groups in total. The van der Waals surface area contributed by atoms with Gasteiger partial charge in [-0.05, 0) is 6.07 Å². The van der Waals surface area contributed by atoms with Crippen LogP contribution in [-0.2, 0) is 0 Å². The molecule has 0 amide bonds. The van der Waals surface area contributed by atoms with E-state index in [0.717, 1.165) is 0 Å². The lowest BCUT2D eigenvalue weighted by molar-refractivity contribution is 0.406. The first-order valence-electron chi connectivity index (χ1n) is 5.57. The lowest BCUT2D eigenvalue weighted by Crippen LogP contribution is -2.17. The summed E-state index contributed by atoms with van der Waals surface area (Å²) in [5.41, 5.74) is 5.90. The molecule has 2 rings (SSSR count). The summed E-state index contributed by atoms with van der Waals surface area (Å²) in [6.07, 6.45) is 0. The van der Waals surface area contributed by atoms with Crippen LogP contribution in [0.1, 0.15) is 17.2 Å². The molecule has 0 fully saturated rings. The normalized spacial score (nSPS) is 12.3. The predicted molar refractivity (Wildman–Crippen MR) is 65.3 cm³/mol. The molecule has 0 aliphatic carbocycles. The maximum atomic E-state index is 13.7. The minimum Gasteiger partial charge on any atom is -0.496 e. The fourth-order valence-electron chi connectivity index (χ4n) is 1.93. The zero-order valence-corrected chi connectivity index (χ0v) is 10.2. The first-order chi connectivity index (χ1) is 9.04. The fourth-order valence-corrected chi connectivity index (χ4v) is 1.93. The van der Waals surface area contributed by atoms with E-state index in [9.17, 15) is 13.2 Å². The topological polar surface area (TPSA) is 35.2 Å². The minimum absolute atomic E-state index is 0.383. The van der Waals surface area contributed by atoms with E-state index in [1.165, 1.54) is 7.11 Å². The molecule has 2 nitrogen and oxygen atoms in total. The Labute approximate surface area is 108 Å². The molecule has 5 heteroatoms. The van der Waals surface area contributed by atoms with E-state index in [-0.39, 0.29) is 5.56 Å². The first-order valence-corrected chi connectivity index (χ1v) is 5.57. The number of para-hydroxylation sites is 1. The zero-order chi connectivity index (χ0) is 14.0. The number of benzene rings is 2. The summed E-state index contributed by atoms with van der Waals surface area (Å²) < 4.78 is 45.3. The van der Waals surface area contributed by atoms with E-state index in [0.29, 0.717) is 23.4 Å². The van der Waals surface area contributed by atoms with Crippen molar-refractivity contribution >= 4 is 0 Å². The van der Waals surface area contributed by atoms with Crippen LogP contribution in [0.3, 0.4) is 0 Å². The van der Waals surface area contributed by atoms with E-state index in [1.54, 1.807) is 24.3 Å². The van der Waals surface area contributed by atoms with E-state index in [4.69, 9.17) is 10.5 Å². The Bertz CT molecular complexity index is 578. The number of halogens is 3. The Morgan fingerprint density at radius 1 is 1.05 bits per heavy atom. The van der Waals surface area contributed by atoms with Crippen LogP contribution < -0.4 is 10.5 Å². The molecule has 100 valence electrons. The van der Waals surface area contributed by atoms with Crippen molar-refractivity contribution in [1.82, 2.24) is 0 Å². The maximum absolute atomic E-state index is 13.7. The molecular weight excluding hydrogens is 255 g/mol.